The maximum absolute atomic E-state index is 12.2. The van der Waals surface area contributed by atoms with E-state index in [2.05, 4.69) is 9.68 Å². The van der Waals surface area contributed by atoms with Crippen molar-refractivity contribution in [2.75, 3.05) is 6.54 Å². The Labute approximate surface area is 104 Å². The number of carbonyl (C=O) groups excluding carboxylic acids is 1. The average Bonchev–Trinajstić information content (AvgIpc) is 3.03. The Bertz CT molecular complexity index is 470. The summed E-state index contributed by atoms with van der Waals surface area (Å²) in [6, 6.07) is 0.761. The van der Waals surface area contributed by atoms with Crippen molar-refractivity contribution in [2.45, 2.75) is 25.3 Å². The summed E-state index contributed by atoms with van der Waals surface area (Å²) in [6.07, 6.45) is 4.28. The zero-order valence-corrected chi connectivity index (χ0v) is 9.78. The van der Waals surface area contributed by atoms with Gasteiger partial charge in [-0.05, 0) is 24.7 Å². The second-order valence-electron chi connectivity index (χ2n) is 4.98. The van der Waals surface area contributed by atoms with E-state index < -0.39 is 12.0 Å². The molecule has 0 radical (unpaired) electrons. The van der Waals surface area contributed by atoms with Gasteiger partial charge in [0.05, 0.1) is 0 Å². The third-order valence-corrected chi connectivity index (χ3v) is 4.06. The van der Waals surface area contributed by atoms with Crippen LogP contribution in [0.15, 0.2) is 16.9 Å². The first-order valence-corrected chi connectivity index (χ1v) is 6.12. The largest absolute Gasteiger partial charge is 0.480 e. The minimum atomic E-state index is -0.916. The van der Waals surface area contributed by atoms with Crippen LogP contribution in [-0.2, 0) is 4.79 Å². The molecule has 0 bridgehead atoms. The lowest BCUT2D eigenvalue weighted by atomic mass is 9.94. The topological polar surface area (TPSA) is 83.6 Å². The highest BCUT2D eigenvalue weighted by atomic mass is 16.5. The predicted octanol–water partition coefficient (Wildman–Crippen LogP) is 1.000. The summed E-state index contributed by atoms with van der Waals surface area (Å²) in [4.78, 5) is 25.0. The van der Waals surface area contributed by atoms with Gasteiger partial charge in [0.15, 0.2) is 5.69 Å². The van der Waals surface area contributed by atoms with Crippen LogP contribution in [0.25, 0.3) is 0 Å². The number of rotatable bonds is 2. The molecule has 1 aromatic rings. The fourth-order valence-electron chi connectivity index (χ4n) is 3.30. The van der Waals surface area contributed by atoms with E-state index in [1.807, 2.05) is 0 Å². The Hall–Kier alpha value is -1.85. The number of likely N-dealkylation sites (tertiary alicyclic amines) is 1. The van der Waals surface area contributed by atoms with Crippen molar-refractivity contribution in [3.8, 4) is 0 Å². The Kier molecular flexibility index (Phi) is 2.57. The number of carboxylic acid groups (broad SMARTS) is 1. The number of carbonyl (C=O) groups is 2. The van der Waals surface area contributed by atoms with Crippen LogP contribution in [0.2, 0.25) is 0 Å². The van der Waals surface area contributed by atoms with Crippen LogP contribution in [0.4, 0.5) is 0 Å². The van der Waals surface area contributed by atoms with Crippen molar-refractivity contribution in [2.24, 2.45) is 11.8 Å². The van der Waals surface area contributed by atoms with Gasteiger partial charge < -0.3 is 14.5 Å². The lowest BCUT2D eigenvalue weighted by molar-refractivity contribution is -0.142. The van der Waals surface area contributed by atoms with E-state index in [-0.39, 0.29) is 17.5 Å². The molecule has 18 heavy (non-hydrogen) atoms. The minimum Gasteiger partial charge on any atom is -0.480 e. The zero-order valence-electron chi connectivity index (χ0n) is 9.78. The van der Waals surface area contributed by atoms with E-state index in [4.69, 9.17) is 0 Å². The molecule has 6 heteroatoms. The van der Waals surface area contributed by atoms with Gasteiger partial charge in [0.25, 0.3) is 5.91 Å². The van der Waals surface area contributed by atoms with E-state index in [0.717, 1.165) is 19.3 Å². The fraction of sp³-hybridized carbons (Fsp3) is 0.583. The lowest BCUT2D eigenvalue weighted by Gasteiger charge is -2.23. The standard InChI is InChI=1S/C12H14N2O4/c15-11(9-4-5-18-13-9)14-6-7-2-1-3-8(7)10(14)12(16)17/h4-5,7-8,10H,1-3,6H2,(H,16,17). The molecular weight excluding hydrogens is 236 g/mol. The van der Waals surface area contributed by atoms with Gasteiger partial charge in [-0.25, -0.2) is 4.79 Å². The number of aliphatic carboxylic acids is 1. The molecule has 3 unspecified atom stereocenters. The number of aromatic nitrogens is 1. The van der Waals surface area contributed by atoms with Crippen LogP contribution in [-0.4, -0.2) is 39.6 Å². The minimum absolute atomic E-state index is 0.0957. The number of amides is 1. The molecule has 3 atom stereocenters. The molecule has 1 N–H and O–H groups in total. The van der Waals surface area contributed by atoms with Crippen LogP contribution in [0.1, 0.15) is 29.8 Å². The highest BCUT2D eigenvalue weighted by Gasteiger charge is 2.49. The Morgan fingerprint density at radius 2 is 2.28 bits per heavy atom. The van der Waals surface area contributed by atoms with E-state index >= 15 is 0 Å². The maximum atomic E-state index is 12.2. The van der Waals surface area contributed by atoms with Gasteiger partial charge in [-0.15, -0.1) is 0 Å². The Morgan fingerprint density at radius 3 is 2.94 bits per heavy atom. The third kappa shape index (κ3) is 1.60. The summed E-state index contributed by atoms with van der Waals surface area (Å²) in [5.41, 5.74) is 0.182. The predicted molar refractivity (Wildman–Crippen MR) is 59.8 cm³/mol. The van der Waals surface area contributed by atoms with Gasteiger partial charge in [-0.2, -0.15) is 0 Å². The molecule has 1 aliphatic heterocycles. The molecule has 0 spiro atoms. The molecule has 3 rings (SSSR count). The molecule has 1 saturated heterocycles. The molecule has 1 aromatic heterocycles. The first kappa shape index (κ1) is 11.3. The van der Waals surface area contributed by atoms with Crippen molar-refractivity contribution in [1.29, 1.82) is 0 Å². The molecule has 1 aliphatic carbocycles. The van der Waals surface area contributed by atoms with Gasteiger partial charge in [0.2, 0.25) is 0 Å². The van der Waals surface area contributed by atoms with Crippen molar-refractivity contribution in [3.05, 3.63) is 18.0 Å². The van der Waals surface area contributed by atoms with Crippen LogP contribution in [0.5, 0.6) is 0 Å². The number of fused-ring (bicyclic) bond motifs is 1. The number of hydrogen-bond donors (Lipinski definition) is 1. The quantitative estimate of drug-likeness (QED) is 0.846. The first-order chi connectivity index (χ1) is 8.68. The van der Waals surface area contributed by atoms with Crippen molar-refractivity contribution in [3.63, 3.8) is 0 Å². The highest BCUT2D eigenvalue weighted by molar-refractivity contribution is 5.95. The van der Waals surface area contributed by atoms with Crippen molar-refractivity contribution in [1.82, 2.24) is 10.1 Å². The van der Waals surface area contributed by atoms with Gasteiger partial charge in [-0.1, -0.05) is 11.6 Å². The van der Waals surface area contributed by atoms with Crippen LogP contribution in [0.3, 0.4) is 0 Å². The number of hydrogen-bond acceptors (Lipinski definition) is 4. The summed E-state index contributed by atoms with van der Waals surface area (Å²) in [5.74, 6) is -0.841. The summed E-state index contributed by atoms with van der Waals surface area (Å²) >= 11 is 0. The SMILES string of the molecule is O=C(O)C1C2CCCC2CN1C(=O)c1ccon1. The second kappa shape index (κ2) is 4.12. The molecule has 96 valence electrons. The summed E-state index contributed by atoms with van der Waals surface area (Å²) in [6.45, 7) is 0.521. The van der Waals surface area contributed by atoms with Crippen LogP contribution >= 0.6 is 0 Å². The molecule has 1 saturated carbocycles. The van der Waals surface area contributed by atoms with E-state index in [9.17, 15) is 14.7 Å². The van der Waals surface area contributed by atoms with E-state index in [1.165, 1.54) is 17.2 Å². The molecular formula is C12H14N2O4. The van der Waals surface area contributed by atoms with Gasteiger partial charge in [-0.3, -0.25) is 4.79 Å². The molecule has 2 heterocycles. The van der Waals surface area contributed by atoms with Crippen LogP contribution in [0, 0.1) is 11.8 Å². The normalized spacial score (nSPS) is 30.4. The van der Waals surface area contributed by atoms with E-state index in [1.54, 1.807) is 0 Å². The fourth-order valence-corrected chi connectivity index (χ4v) is 3.30. The van der Waals surface area contributed by atoms with Gasteiger partial charge in [0.1, 0.15) is 12.3 Å². The summed E-state index contributed by atoms with van der Waals surface area (Å²) < 4.78 is 4.64. The van der Waals surface area contributed by atoms with E-state index in [0.29, 0.717) is 12.5 Å². The smallest absolute Gasteiger partial charge is 0.326 e. The average molecular weight is 250 g/mol. The van der Waals surface area contributed by atoms with Crippen LogP contribution < -0.4 is 0 Å². The first-order valence-electron chi connectivity index (χ1n) is 6.12. The molecule has 0 aromatic carbocycles. The number of nitrogens with zero attached hydrogens (tertiary/aromatic N) is 2. The highest BCUT2D eigenvalue weighted by Crippen LogP contribution is 2.42. The Balaban J connectivity index is 1.87. The van der Waals surface area contributed by atoms with Crippen molar-refractivity contribution < 1.29 is 19.2 Å². The summed E-state index contributed by atoms with van der Waals surface area (Å²) in [7, 11) is 0. The molecule has 6 nitrogen and oxygen atoms in total. The van der Waals surface area contributed by atoms with Gasteiger partial charge in [0, 0.05) is 12.6 Å². The lowest BCUT2D eigenvalue weighted by Crippen LogP contribution is -2.43. The summed E-state index contributed by atoms with van der Waals surface area (Å²) in [5, 5.41) is 12.9. The molecule has 2 fully saturated rings. The molecule has 2 aliphatic rings. The second-order valence-corrected chi connectivity index (χ2v) is 4.98. The Morgan fingerprint density at radius 1 is 1.44 bits per heavy atom. The maximum Gasteiger partial charge on any atom is 0.326 e. The third-order valence-electron chi connectivity index (χ3n) is 4.06. The molecule has 1 amide bonds. The van der Waals surface area contributed by atoms with Gasteiger partial charge >= 0.3 is 5.97 Å². The monoisotopic (exact) mass is 250 g/mol. The number of carboxylic acids is 1. The zero-order chi connectivity index (χ0) is 12.7. The van der Waals surface area contributed by atoms with Crippen molar-refractivity contribution >= 4 is 11.9 Å².